The molecule has 0 aromatic heterocycles. The molecule has 1 unspecified atom stereocenters. The van der Waals surface area contributed by atoms with Crippen molar-refractivity contribution in [2.75, 3.05) is 6.54 Å². The number of rotatable bonds is 7. The fraction of sp³-hybridized carbons (Fsp3) is 0.900. The standard InChI is InChI=1S/C10H20N2O/c1-2-9(8-5-6-8)12-7-3-4-10(11)13/h8-9,12H,2-7H2,1H3,(H2,11,13). The summed E-state index contributed by atoms with van der Waals surface area (Å²) in [5, 5.41) is 3.48. The molecule has 76 valence electrons. The van der Waals surface area contributed by atoms with Crippen molar-refractivity contribution in [2.24, 2.45) is 11.7 Å². The molecule has 1 aliphatic carbocycles. The molecule has 0 aromatic rings. The highest BCUT2D eigenvalue weighted by atomic mass is 16.1. The van der Waals surface area contributed by atoms with E-state index in [0.717, 1.165) is 18.9 Å². The molecule has 1 fully saturated rings. The Morgan fingerprint density at radius 3 is 2.77 bits per heavy atom. The van der Waals surface area contributed by atoms with Crippen molar-refractivity contribution in [3.63, 3.8) is 0 Å². The Balaban J connectivity index is 1.99. The Labute approximate surface area is 80.1 Å². The second-order valence-electron chi connectivity index (χ2n) is 3.88. The van der Waals surface area contributed by atoms with E-state index < -0.39 is 0 Å². The molecule has 1 aliphatic rings. The van der Waals surface area contributed by atoms with Crippen LogP contribution in [0.15, 0.2) is 0 Å². The maximum atomic E-state index is 10.5. The predicted molar refractivity (Wildman–Crippen MR) is 53.2 cm³/mol. The van der Waals surface area contributed by atoms with Gasteiger partial charge in [-0.15, -0.1) is 0 Å². The first kappa shape index (κ1) is 10.5. The van der Waals surface area contributed by atoms with Gasteiger partial charge in [0, 0.05) is 12.5 Å². The van der Waals surface area contributed by atoms with Crippen molar-refractivity contribution < 1.29 is 4.79 Å². The number of nitrogens with one attached hydrogen (secondary N) is 1. The molecule has 0 saturated heterocycles. The largest absolute Gasteiger partial charge is 0.370 e. The van der Waals surface area contributed by atoms with Gasteiger partial charge < -0.3 is 11.1 Å². The highest BCUT2D eigenvalue weighted by Gasteiger charge is 2.29. The molecular weight excluding hydrogens is 164 g/mol. The summed E-state index contributed by atoms with van der Waals surface area (Å²) in [6.07, 6.45) is 5.33. The van der Waals surface area contributed by atoms with E-state index in [9.17, 15) is 4.79 Å². The lowest BCUT2D eigenvalue weighted by atomic mass is 10.1. The second-order valence-corrected chi connectivity index (χ2v) is 3.88. The van der Waals surface area contributed by atoms with Gasteiger partial charge in [0.1, 0.15) is 0 Å². The third-order valence-corrected chi connectivity index (χ3v) is 2.64. The summed E-state index contributed by atoms with van der Waals surface area (Å²) in [4.78, 5) is 10.5. The Bertz CT molecular complexity index is 166. The minimum atomic E-state index is -0.193. The molecule has 3 nitrogen and oxygen atoms in total. The van der Waals surface area contributed by atoms with Crippen LogP contribution in [0.3, 0.4) is 0 Å². The van der Waals surface area contributed by atoms with Crippen LogP contribution in [0.25, 0.3) is 0 Å². The lowest BCUT2D eigenvalue weighted by Crippen LogP contribution is -2.31. The molecule has 1 amide bonds. The fourth-order valence-electron chi connectivity index (χ4n) is 1.69. The Morgan fingerprint density at radius 1 is 1.62 bits per heavy atom. The summed E-state index contributed by atoms with van der Waals surface area (Å²) < 4.78 is 0. The van der Waals surface area contributed by atoms with E-state index in [-0.39, 0.29) is 5.91 Å². The van der Waals surface area contributed by atoms with Gasteiger partial charge in [-0.3, -0.25) is 4.79 Å². The van der Waals surface area contributed by atoms with E-state index >= 15 is 0 Å². The van der Waals surface area contributed by atoms with Gasteiger partial charge in [0.25, 0.3) is 0 Å². The molecule has 0 radical (unpaired) electrons. The smallest absolute Gasteiger partial charge is 0.217 e. The Hall–Kier alpha value is -0.570. The molecule has 0 spiro atoms. The topological polar surface area (TPSA) is 55.1 Å². The maximum Gasteiger partial charge on any atom is 0.217 e. The zero-order valence-electron chi connectivity index (χ0n) is 8.38. The van der Waals surface area contributed by atoms with Gasteiger partial charge in [0.05, 0.1) is 0 Å². The van der Waals surface area contributed by atoms with Crippen molar-refractivity contribution in [3.05, 3.63) is 0 Å². The monoisotopic (exact) mass is 184 g/mol. The van der Waals surface area contributed by atoms with Gasteiger partial charge in [0.15, 0.2) is 0 Å². The first-order chi connectivity index (χ1) is 6.24. The molecule has 0 bridgehead atoms. The quantitative estimate of drug-likeness (QED) is 0.581. The van der Waals surface area contributed by atoms with Gasteiger partial charge in [-0.1, -0.05) is 6.92 Å². The van der Waals surface area contributed by atoms with Crippen LogP contribution in [0.1, 0.15) is 39.0 Å². The molecule has 1 rings (SSSR count). The highest BCUT2D eigenvalue weighted by molar-refractivity contribution is 5.73. The normalized spacial score (nSPS) is 18.5. The van der Waals surface area contributed by atoms with Gasteiger partial charge in [-0.2, -0.15) is 0 Å². The number of amides is 1. The van der Waals surface area contributed by atoms with Gasteiger partial charge >= 0.3 is 0 Å². The van der Waals surface area contributed by atoms with Crippen molar-refractivity contribution in [3.8, 4) is 0 Å². The average Bonchev–Trinajstić information content (AvgIpc) is 2.87. The Morgan fingerprint density at radius 2 is 2.31 bits per heavy atom. The minimum absolute atomic E-state index is 0.193. The lowest BCUT2D eigenvalue weighted by Gasteiger charge is -2.15. The van der Waals surface area contributed by atoms with Crippen molar-refractivity contribution in [1.82, 2.24) is 5.32 Å². The van der Waals surface area contributed by atoms with Crippen LogP contribution < -0.4 is 11.1 Å². The van der Waals surface area contributed by atoms with E-state index in [4.69, 9.17) is 5.73 Å². The van der Waals surface area contributed by atoms with E-state index in [1.165, 1.54) is 19.3 Å². The first-order valence-corrected chi connectivity index (χ1v) is 5.25. The third-order valence-electron chi connectivity index (χ3n) is 2.64. The summed E-state index contributed by atoms with van der Waals surface area (Å²) in [5.41, 5.74) is 5.05. The maximum absolute atomic E-state index is 10.5. The molecule has 1 atom stereocenters. The molecule has 0 heterocycles. The molecule has 1 saturated carbocycles. The van der Waals surface area contributed by atoms with Crippen LogP contribution >= 0.6 is 0 Å². The van der Waals surface area contributed by atoms with Crippen molar-refractivity contribution in [2.45, 2.75) is 45.1 Å². The van der Waals surface area contributed by atoms with Gasteiger partial charge in [0.2, 0.25) is 5.91 Å². The summed E-state index contributed by atoms with van der Waals surface area (Å²) in [5.74, 6) is 0.708. The number of carbonyl (C=O) groups excluding carboxylic acids is 1. The van der Waals surface area contributed by atoms with Gasteiger partial charge in [-0.05, 0) is 38.1 Å². The molecular formula is C10H20N2O. The molecule has 0 aliphatic heterocycles. The van der Waals surface area contributed by atoms with Crippen LogP contribution in [0, 0.1) is 5.92 Å². The second kappa shape index (κ2) is 5.22. The summed E-state index contributed by atoms with van der Waals surface area (Å²) >= 11 is 0. The van der Waals surface area contributed by atoms with Crippen LogP contribution in [0.5, 0.6) is 0 Å². The van der Waals surface area contributed by atoms with Crippen molar-refractivity contribution in [1.29, 1.82) is 0 Å². The van der Waals surface area contributed by atoms with E-state index in [0.29, 0.717) is 12.5 Å². The fourth-order valence-corrected chi connectivity index (χ4v) is 1.69. The number of primary amides is 1. The molecule has 3 N–H and O–H groups in total. The summed E-state index contributed by atoms with van der Waals surface area (Å²) in [6, 6.07) is 0.674. The van der Waals surface area contributed by atoms with E-state index in [1.807, 2.05) is 0 Å². The molecule has 13 heavy (non-hydrogen) atoms. The minimum Gasteiger partial charge on any atom is -0.370 e. The lowest BCUT2D eigenvalue weighted by molar-refractivity contribution is -0.118. The number of carbonyl (C=O) groups is 1. The number of hydrogen-bond donors (Lipinski definition) is 2. The highest BCUT2D eigenvalue weighted by Crippen LogP contribution is 2.33. The van der Waals surface area contributed by atoms with Crippen LogP contribution in [0.2, 0.25) is 0 Å². The SMILES string of the molecule is CCC(NCCCC(N)=O)C1CC1. The zero-order valence-corrected chi connectivity index (χ0v) is 8.38. The van der Waals surface area contributed by atoms with E-state index in [1.54, 1.807) is 0 Å². The zero-order chi connectivity index (χ0) is 9.68. The number of nitrogens with two attached hydrogens (primary N) is 1. The first-order valence-electron chi connectivity index (χ1n) is 5.25. The van der Waals surface area contributed by atoms with E-state index in [2.05, 4.69) is 12.2 Å². The third kappa shape index (κ3) is 4.27. The van der Waals surface area contributed by atoms with Crippen LogP contribution in [-0.4, -0.2) is 18.5 Å². The Kier molecular flexibility index (Phi) is 4.22. The van der Waals surface area contributed by atoms with Crippen molar-refractivity contribution >= 4 is 5.91 Å². The van der Waals surface area contributed by atoms with Crippen LogP contribution in [-0.2, 0) is 4.79 Å². The van der Waals surface area contributed by atoms with Crippen LogP contribution in [0.4, 0.5) is 0 Å². The summed E-state index contributed by atoms with van der Waals surface area (Å²) in [6.45, 7) is 3.14. The number of hydrogen-bond acceptors (Lipinski definition) is 2. The van der Waals surface area contributed by atoms with Gasteiger partial charge in [-0.25, -0.2) is 0 Å². The average molecular weight is 184 g/mol. The molecule has 0 aromatic carbocycles. The predicted octanol–water partition coefficient (Wildman–Crippen LogP) is 1.03. The molecule has 3 heteroatoms. The summed E-state index contributed by atoms with van der Waals surface area (Å²) in [7, 11) is 0.